The normalized spacial score (nSPS) is 13.3. The summed E-state index contributed by atoms with van der Waals surface area (Å²) in [5, 5.41) is 0.0542. The number of hydrogen-bond donors (Lipinski definition) is 0. The van der Waals surface area contributed by atoms with E-state index in [1.165, 1.54) is 0 Å². The number of anilines is 1. The first-order chi connectivity index (χ1) is 8.36. The molecule has 1 rings (SSSR count). The van der Waals surface area contributed by atoms with Crippen LogP contribution in [0.25, 0.3) is 0 Å². The number of halogens is 1. The third kappa shape index (κ3) is 4.18. The van der Waals surface area contributed by atoms with Gasteiger partial charge in [0.2, 0.25) is 0 Å². The van der Waals surface area contributed by atoms with Crippen molar-refractivity contribution < 1.29 is 8.42 Å². The third-order valence-corrected chi connectivity index (χ3v) is 4.71. The summed E-state index contributed by atoms with van der Waals surface area (Å²) in [7, 11) is -1.18. The van der Waals surface area contributed by atoms with Crippen LogP contribution in [0.3, 0.4) is 0 Å². The lowest BCUT2D eigenvalue weighted by atomic mass is 10.3. The molecule has 5 heteroatoms. The lowest BCUT2D eigenvalue weighted by Gasteiger charge is -2.20. The number of benzene rings is 1. The maximum Gasteiger partial charge on any atom is 0.178 e. The van der Waals surface area contributed by atoms with Crippen molar-refractivity contribution in [2.45, 2.75) is 30.5 Å². The zero-order chi connectivity index (χ0) is 13.8. The van der Waals surface area contributed by atoms with Gasteiger partial charge in [0.25, 0.3) is 0 Å². The minimum atomic E-state index is -3.12. The Kier molecular flexibility index (Phi) is 5.47. The van der Waals surface area contributed by atoms with Crippen molar-refractivity contribution in [3.8, 4) is 0 Å². The molecule has 1 aromatic rings. The first kappa shape index (κ1) is 15.3. The average molecular weight is 290 g/mol. The highest BCUT2D eigenvalue weighted by Gasteiger charge is 2.13. The van der Waals surface area contributed by atoms with Gasteiger partial charge in [-0.25, -0.2) is 8.42 Å². The van der Waals surface area contributed by atoms with Crippen molar-refractivity contribution in [2.24, 2.45) is 0 Å². The Labute approximate surface area is 115 Å². The highest BCUT2D eigenvalue weighted by atomic mass is 35.5. The first-order valence-corrected chi connectivity index (χ1v) is 8.13. The molecule has 0 saturated carbocycles. The maximum absolute atomic E-state index is 11.9. The van der Waals surface area contributed by atoms with Gasteiger partial charge in [-0.1, -0.05) is 6.92 Å². The zero-order valence-corrected chi connectivity index (χ0v) is 12.6. The van der Waals surface area contributed by atoms with Gasteiger partial charge in [-0.3, -0.25) is 0 Å². The van der Waals surface area contributed by atoms with Gasteiger partial charge in [-0.2, -0.15) is 0 Å². The molecule has 0 saturated heterocycles. The fourth-order valence-corrected chi connectivity index (χ4v) is 3.31. The number of rotatable bonds is 6. The molecular formula is C13H20ClNO2S. The second-order valence-electron chi connectivity index (χ2n) is 4.47. The van der Waals surface area contributed by atoms with Crippen molar-refractivity contribution in [3.05, 3.63) is 24.3 Å². The van der Waals surface area contributed by atoms with E-state index in [1.807, 2.05) is 37.9 Å². The SMILES string of the molecule is CCCS(=O)(=O)c1ccc(N(C)CC(C)Cl)cc1. The van der Waals surface area contributed by atoms with E-state index in [2.05, 4.69) is 0 Å². The van der Waals surface area contributed by atoms with E-state index < -0.39 is 9.84 Å². The molecule has 0 aliphatic carbocycles. The summed E-state index contributed by atoms with van der Waals surface area (Å²) in [6.07, 6.45) is 0.633. The fraction of sp³-hybridized carbons (Fsp3) is 0.538. The Morgan fingerprint density at radius 1 is 1.28 bits per heavy atom. The topological polar surface area (TPSA) is 37.4 Å². The van der Waals surface area contributed by atoms with Crippen LogP contribution < -0.4 is 4.90 Å². The summed E-state index contributed by atoms with van der Waals surface area (Å²) in [4.78, 5) is 2.40. The Morgan fingerprint density at radius 3 is 2.28 bits per heavy atom. The Bertz CT molecular complexity index is 468. The third-order valence-electron chi connectivity index (χ3n) is 2.63. The highest BCUT2D eigenvalue weighted by Crippen LogP contribution is 2.19. The number of sulfone groups is 1. The Balaban J connectivity index is 2.86. The van der Waals surface area contributed by atoms with Crippen LogP contribution in [0.1, 0.15) is 20.3 Å². The van der Waals surface area contributed by atoms with Gasteiger partial charge >= 0.3 is 0 Å². The second-order valence-corrected chi connectivity index (χ2v) is 7.33. The highest BCUT2D eigenvalue weighted by molar-refractivity contribution is 7.91. The summed E-state index contributed by atoms with van der Waals surface area (Å²) in [5.74, 6) is 0.195. The van der Waals surface area contributed by atoms with Crippen molar-refractivity contribution in [3.63, 3.8) is 0 Å². The standard InChI is InChI=1S/C13H20ClNO2S/c1-4-9-18(16,17)13-7-5-12(6-8-13)15(3)10-11(2)14/h5-8,11H,4,9-10H2,1-3H3. The summed E-state index contributed by atoms with van der Waals surface area (Å²) in [6, 6.07) is 6.97. The smallest absolute Gasteiger partial charge is 0.178 e. The quantitative estimate of drug-likeness (QED) is 0.756. The van der Waals surface area contributed by atoms with Crippen molar-refractivity contribution in [2.75, 3.05) is 24.2 Å². The second kappa shape index (κ2) is 6.43. The summed E-state index contributed by atoms with van der Waals surface area (Å²) < 4.78 is 23.7. The lowest BCUT2D eigenvalue weighted by molar-refractivity contribution is 0.594. The van der Waals surface area contributed by atoms with E-state index >= 15 is 0 Å². The van der Waals surface area contributed by atoms with Gasteiger partial charge in [-0.05, 0) is 37.6 Å². The molecule has 1 aromatic carbocycles. The number of hydrogen-bond acceptors (Lipinski definition) is 3. The largest absolute Gasteiger partial charge is 0.373 e. The van der Waals surface area contributed by atoms with Crippen LogP contribution in [0, 0.1) is 0 Å². The first-order valence-electron chi connectivity index (χ1n) is 6.05. The minimum Gasteiger partial charge on any atom is -0.373 e. The predicted octanol–water partition coefficient (Wildman–Crippen LogP) is 2.93. The van der Waals surface area contributed by atoms with Gasteiger partial charge in [0.1, 0.15) is 0 Å². The molecule has 0 aliphatic heterocycles. The zero-order valence-electron chi connectivity index (χ0n) is 11.1. The molecule has 0 radical (unpaired) electrons. The molecule has 102 valence electrons. The van der Waals surface area contributed by atoms with Crippen LogP contribution in [0.2, 0.25) is 0 Å². The minimum absolute atomic E-state index is 0.0542. The number of nitrogens with zero attached hydrogens (tertiary/aromatic N) is 1. The summed E-state index contributed by atoms with van der Waals surface area (Å²) in [6.45, 7) is 4.52. The molecular weight excluding hydrogens is 270 g/mol. The molecule has 18 heavy (non-hydrogen) atoms. The van der Waals surface area contributed by atoms with Gasteiger partial charge in [0, 0.05) is 24.7 Å². The fourth-order valence-electron chi connectivity index (χ4n) is 1.78. The molecule has 0 amide bonds. The molecule has 0 fully saturated rings. The van der Waals surface area contributed by atoms with E-state index in [0.29, 0.717) is 11.3 Å². The predicted molar refractivity (Wildman–Crippen MR) is 77.4 cm³/mol. The molecule has 0 aromatic heterocycles. The van der Waals surface area contributed by atoms with Crippen LogP contribution in [0.15, 0.2) is 29.2 Å². The van der Waals surface area contributed by atoms with E-state index in [0.717, 1.165) is 12.2 Å². The Hall–Kier alpha value is -0.740. The van der Waals surface area contributed by atoms with E-state index in [-0.39, 0.29) is 11.1 Å². The van der Waals surface area contributed by atoms with Crippen LogP contribution in [0.5, 0.6) is 0 Å². The van der Waals surface area contributed by atoms with Gasteiger partial charge < -0.3 is 4.90 Å². The Morgan fingerprint density at radius 2 is 1.83 bits per heavy atom. The van der Waals surface area contributed by atoms with Crippen molar-refractivity contribution in [1.82, 2.24) is 0 Å². The van der Waals surface area contributed by atoms with Crippen molar-refractivity contribution in [1.29, 1.82) is 0 Å². The van der Waals surface area contributed by atoms with Gasteiger partial charge in [0.15, 0.2) is 9.84 Å². The molecule has 1 atom stereocenters. The molecule has 0 N–H and O–H groups in total. The van der Waals surface area contributed by atoms with Gasteiger partial charge in [-0.15, -0.1) is 11.6 Å². The lowest BCUT2D eigenvalue weighted by Crippen LogP contribution is -2.24. The molecule has 0 spiro atoms. The van der Waals surface area contributed by atoms with E-state index in [1.54, 1.807) is 12.1 Å². The maximum atomic E-state index is 11.9. The van der Waals surface area contributed by atoms with Gasteiger partial charge in [0.05, 0.1) is 10.6 Å². The van der Waals surface area contributed by atoms with E-state index in [4.69, 9.17) is 11.6 Å². The van der Waals surface area contributed by atoms with Crippen LogP contribution in [-0.2, 0) is 9.84 Å². The van der Waals surface area contributed by atoms with Crippen molar-refractivity contribution >= 4 is 27.1 Å². The summed E-state index contributed by atoms with van der Waals surface area (Å²) >= 11 is 5.93. The molecule has 3 nitrogen and oxygen atoms in total. The van der Waals surface area contributed by atoms with Crippen LogP contribution in [0.4, 0.5) is 5.69 Å². The molecule has 0 bridgehead atoms. The average Bonchev–Trinajstić information content (AvgIpc) is 2.28. The monoisotopic (exact) mass is 289 g/mol. The number of alkyl halides is 1. The molecule has 0 heterocycles. The summed E-state index contributed by atoms with van der Waals surface area (Å²) in [5.41, 5.74) is 0.970. The molecule has 1 unspecified atom stereocenters. The van der Waals surface area contributed by atoms with Crippen LogP contribution in [-0.4, -0.2) is 33.1 Å². The molecule has 0 aliphatic rings. The van der Waals surface area contributed by atoms with Crippen LogP contribution >= 0.6 is 11.6 Å². The van der Waals surface area contributed by atoms with E-state index in [9.17, 15) is 8.42 Å².